The van der Waals surface area contributed by atoms with Gasteiger partial charge in [0.2, 0.25) is 10.0 Å². The minimum absolute atomic E-state index is 0.0183. The zero-order valence-electron chi connectivity index (χ0n) is 22.4. The molecule has 0 unspecified atom stereocenters. The second-order valence-corrected chi connectivity index (χ2v) is 11.6. The van der Waals surface area contributed by atoms with Crippen LogP contribution in [0.5, 0.6) is 5.75 Å². The van der Waals surface area contributed by atoms with Gasteiger partial charge in [0.1, 0.15) is 17.1 Å². The van der Waals surface area contributed by atoms with Crippen molar-refractivity contribution in [2.24, 2.45) is 5.73 Å². The Morgan fingerprint density at radius 2 is 1.79 bits per heavy atom. The van der Waals surface area contributed by atoms with Gasteiger partial charge in [0.25, 0.3) is 11.8 Å². The van der Waals surface area contributed by atoms with Crippen LogP contribution in [-0.4, -0.2) is 78.5 Å². The summed E-state index contributed by atoms with van der Waals surface area (Å²) in [5.74, 6) is -0.764. The summed E-state index contributed by atoms with van der Waals surface area (Å²) in [5, 5.41) is 7.48. The van der Waals surface area contributed by atoms with E-state index >= 15 is 0 Å². The molecule has 208 valence electrons. The van der Waals surface area contributed by atoms with Crippen molar-refractivity contribution in [3.8, 4) is 5.75 Å². The highest BCUT2D eigenvalue weighted by Gasteiger charge is 2.32. The van der Waals surface area contributed by atoms with E-state index in [0.717, 1.165) is 32.2 Å². The summed E-state index contributed by atoms with van der Waals surface area (Å²) >= 11 is 0. The first-order chi connectivity index (χ1) is 18.2. The van der Waals surface area contributed by atoms with Gasteiger partial charge in [0, 0.05) is 26.2 Å². The van der Waals surface area contributed by atoms with E-state index in [1.807, 2.05) is 13.8 Å². The molecular weight excluding hydrogens is 508 g/mol. The first-order valence-corrected chi connectivity index (χ1v) is 14.9. The van der Waals surface area contributed by atoms with Gasteiger partial charge in [-0.15, -0.1) is 0 Å². The Labute approximate surface area is 224 Å². The van der Waals surface area contributed by atoms with E-state index in [-0.39, 0.29) is 40.2 Å². The number of aromatic nitrogens is 2. The Balaban J connectivity index is 1.70. The molecule has 2 aromatic rings. The van der Waals surface area contributed by atoms with Gasteiger partial charge in [-0.25, -0.2) is 13.1 Å². The van der Waals surface area contributed by atoms with Crippen LogP contribution in [0.2, 0.25) is 0 Å². The van der Waals surface area contributed by atoms with Crippen molar-refractivity contribution in [3.05, 3.63) is 35.0 Å². The Kier molecular flexibility index (Phi) is 8.74. The van der Waals surface area contributed by atoms with E-state index in [4.69, 9.17) is 10.5 Å². The maximum atomic E-state index is 13.7. The molecule has 0 bridgehead atoms. The van der Waals surface area contributed by atoms with E-state index in [0.29, 0.717) is 38.3 Å². The number of sulfonamides is 1. The van der Waals surface area contributed by atoms with Crippen LogP contribution in [0.4, 0.5) is 5.82 Å². The molecule has 0 radical (unpaired) electrons. The Bertz CT molecular complexity index is 1280. The molecular formula is C26H38N6O5S. The highest BCUT2D eigenvalue weighted by molar-refractivity contribution is 7.89. The molecule has 2 aliphatic rings. The molecule has 1 aliphatic heterocycles. The van der Waals surface area contributed by atoms with Crippen molar-refractivity contribution < 1.29 is 22.7 Å². The summed E-state index contributed by atoms with van der Waals surface area (Å²) in [6.07, 6.45) is 4.31. The molecule has 2 heterocycles. The van der Waals surface area contributed by atoms with Crippen LogP contribution in [0.3, 0.4) is 0 Å². The van der Waals surface area contributed by atoms with Crippen LogP contribution in [0, 0.1) is 0 Å². The van der Waals surface area contributed by atoms with Crippen molar-refractivity contribution in [2.75, 3.05) is 44.6 Å². The normalized spacial score (nSPS) is 17.6. The Morgan fingerprint density at radius 1 is 1.11 bits per heavy atom. The topological polar surface area (TPSA) is 140 Å². The summed E-state index contributed by atoms with van der Waals surface area (Å²) in [5.41, 5.74) is 6.49. The van der Waals surface area contributed by atoms with E-state index in [2.05, 4.69) is 15.3 Å². The van der Waals surface area contributed by atoms with E-state index in [1.165, 1.54) is 22.5 Å². The number of anilines is 1. The number of ether oxygens (including phenoxy) is 1. The number of piperazine rings is 1. The number of amides is 2. The molecule has 1 saturated heterocycles. The number of benzene rings is 1. The number of nitrogens with two attached hydrogens (primary N) is 1. The molecule has 4 rings (SSSR count). The monoisotopic (exact) mass is 546 g/mol. The van der Waals surface area contributed by atoms with Gasteiger partial charge in [0.15, 0.2) is 0 Å². The molecule has 1 aliphatic carbocycles. The minimum Gasteiger partial charge on any atom is -0.493 e. The first-order valence-electron chi connectivity index (χ1n) is 13.4. The predicted molar refractivity (Wildman–Crippen MR) is 144 cm³/mol. The summed E-state index contributed by atoms with van der Waals surface area (Å²) in [4.78, 5) is 28.3. The van der Waals surface area contributed by atoms with Gasteiger partial charge in [-0.2, -0.15) is 9.40 Å². The number of carbonyl (C=O) groups excluding carboxylic acids is 2. The molecule has 11 nitrogen and oxygen atoms in total. The zero-order chi connectivity index (χ0) is 27.4. The van der Waals surface area contributed by atoms with Gasteiger partial charge in [-0.3, -0.25) is 9.59 Å². The highest BCUT2D eigenvalue weighted by Crippen LogP contribution is 2.35. The number of nitrogens with zero attached hydrogens (tertiary/aromatic N) is 4. The average molecular weight is 547 g/mol. The molecule has 38 heavy (non-hydrogen) atoms. The molecule has 2 fully saturated rings. The fraction of sp³-hybridized carbons (Fsp3) is 0.577. The lowest BCUT2D eigenvalue weighted by Crippen LogP contribution is -2.48. The van der Waals surface area contributed by atoms with Gasteiger partial charge in [-0.1, -0.05) is 26.7 Å². The number of primary amides is 1. The number of nitrogens with one attached hydrogen (secondary N) is 1. The zero-order valence-corrected chi connectivity index (χ0v) is 23.2. The molecule has 0 spiro atoms. The van der Waals surface area contributed by atoms with Crippen molar-refractivity contribution in [1.82, 2.24) is 19.0 Å². The summed E-state index contributed by atoms with van der Waals surface area (Å²) in [6.45, 7) is 8.94. The Morgan fingerprint density at radius 3 is 2.37 bits per heavy atom. The molecule has 1 saturated carbocycles. The van der Waals surface area contributed by atoms with Crippen molar-refractivity contribution >= 4 is 27.7 Å². The lowest BCUT2D eigenvalue weighted by Gasteiger charge is -2.33. The van der Waals surface area contributed by atoms with Crippen LogP contribution in [0.1, 0.15) is 78.9 Å². The van der Waals surface area contributed by atoms with E-state index < -0.39 is 21.8 Å². The van der Waals surface area contributed by atoms with Gasteiger partial charge >= 0.3 is 0 Å². The number of hydrogen-bond acceptors (Lipinski definition) is 7. The quantitative estimate of drug-likeness (QED) is 0.467. The van der Waals surface area contributed by atoms with Gasteiger partial charge < -0.3 is 20.7 Å². The average Bonchev–Trinajstić information content (AvgIpc) is 3.57. The maximum Gasteiger partial charge on any atom is 0.260 e. The van der Waals surface area contributed by atoms with Crippen LogP contribution in [0.25, 0.3) is 0 Å². The predicted octanol–water partition coefficient (Wildman–Crippen LogP) is 2.64. The van der Waals surface area contributed by atoms with Crippen LogP contribution in [0.15, 0.2) is 23.1 Å². The van der Waals surface area contributed by atoms with Crippen molar-refractivity contribution in [1.29, 1.82) is 0 Å². The fourth-order valence-corrected chi connectivity index (χ4v) is 6.71. The molecule has 1 aromatic heterocycles. The lowest BCUT2D eigenvalue weighted by molar-refractivity contribution is 0.1000. The lowest BCUT2D eigenvalue weighted by atomic mass is 10.1. The maximum absolute atomic E-state index is 13.7. The Hall–Kier alpha value is -2.96. The fourth-order valence-electron chi connectivity index (χ4n) is 5.26. The van der Waals surface area contributed by atoms with E-state index in [9.17, 15) is 18.0 Å². The third kappa shape index (κ3) is 5.57. The minimum atomic E-state index is -3.82. The third-order valence-corrected chi connectivity index (χ3v) is 9.27. The van der Waals surface area contributed by atoms with E-state index in [1.54, 1.807) is 11.6 Å². The SMILES string of the molecule is CCOc1ccc(S(=O)(=O)N2CCN(CC)CC2)cc1C(=O)Nc1c(C(N)=O)c(CC)nn1C1CCCC1. The third-order valence-electron chi connectivity index (χ3n) is 7.38. The summed E-state index contributed by atoms with van der Waals surface area (Å²) in [7, 11) is -3.82. The second kappa shape index (κ2) is 11.8. The molecule has 0 atom stereocenters. The standard InChI is InChI=1S/C26H38N6O5S/c1-4-21-23(24(27)33)25(32(29-21)18-9-7-8-10-18)28-26(34)20-17-19(11-12-22(20)37-6-3)38(35,36)31-15-13-30(5-2)14-16-31/h11-12,17-18H,4-10,13-16H2,1-3H3,(H2,27,33)(H,28,34). The summed E-state index contributed by atoms with van der Waals surface area (Å²) < 4.78 is 35.8. The molecule has 3 N–H and O–H groups in total. The van der Waals surface area contributed by atoms with Crippen molar-refractivity contribution in [3.63, 3.8) is 0 Å². The number of rotatable bonds is 10. The molecule has 12 heteroatoms. The van der Waals surface area contributed by atoms with Gasteiger partial charge in [-0.05, 0) is 50.9 Å². The first kappa shape index (κ1) is 28.1. The smallest absolute Gasteiger partial charge is 0.260 e. The van der Waals surface area contributed by atoms with Gasteiger partial charge in [0.05, 0.1) is 28.8 Å². The number of carbonyl (C=O) groups is 2. The summed E-state index contributed by atoms with van der Waals surface area (Å²) in [6, 6.07) is 4.37. The van der Waals surface area contributed by atoms with Crippen LogP contribution >= 0.6 is 0 Å². The van der Waals surface area contributed by atoms with Crippen molar-refractivity contribution in [2.45, 2.75) is 63.8 Å². The number of hydrogen-bond donors (Lipinski definition) is 2. The molecule has 2 amide bonds. The highest BCUT2D eigenvalue weighted by atomic mass is 32.2. The largest absolute Gasteiger partial charge is 0.493 e. The second-order valence-electron chi connectivity index (χ2n) is 9.65. The molecule has 1 aromatic carbocycles. The number of aryl methyl sites for hydroxylation is 1. The van der Waals surface area contributed by atoms with Crippen LogP contribution < -0.4 is 15.8 Å². The van der Waals surface area contributed by atoms with Crippen LogP contribution in [-0.2, 0) is 16.4 Å². The number of likely N-dealkylation sites (N-methyl/N-ethyl adjacent to an activating group) is 1.